The molecule has 32 heavy (non-hydrogen) atoms. The summed E-state index contributed by atoms with van der Waals surface area (Å²) < 4.78 is 19.7. The lowest BCUT2D eigenvalue weighted by Crippen LogP contribution is -2.53. The number of rotatable bonds is 4. The Hall–Kier alpha value is -3.62. The standard InChI is InChI=1S/C23H25FN4O4/c24-16-8-2-3-9-17(16)25-23(31)26-21(29)15-28-14-20(22(30)27-12-6-1-7-13-27)32-19-11-5-4-10-18(19)28/h2-5,8-11,20H,1,6-7,12-15H2,(H2,25,26,29,31)/t20-/m1/s1. The Balaban J connectivity index is 1.42. The summed E-state index contributed by atoms with van der Waals surface area (Å²) in [5, 5.41) is 4.53. The van der Waals surface area contributed by atoms with Gasteiger partial charge in [-0.25, -0.2) is 9.18 Å². The summed E-state index contributed by atoms with van der Waals surface area (Å²) in [4.78, 5) is 41.2. The predicted molar refractivity (Wildman–Crippen MR) is 117 cm³/mol. The van der Waals surface area contributed by atoms with Gasteiger partial charge >= 0.3 is 6.03 Å². The van der Waals surface area contributed by atoms with E-state index < -0.39 is 23.9 Å². The van der Waals surface area contributed by atoms with Crippen LogP contribution in [0, 0.1) is 5.82 Å². The van der Waals surface area contributed by atoms with E-state index in [1.54, 1.807) is 29.2 Å². The van der Waals surface area contributed by atoms with Crippen molar-refractivity contribution in [3.8, 4) is 5.75 Å². The van der Waals surface area contributed by atoms with Crippen molar-refractivity contribution in [2.45, 2.75) is 25.4 Å². The molecule has 4 rings (SSSR count). The minimum absolute atomic E-state index is 0.0262. The maximum atomic E-state index is 13.7. The molecule has 2 aromatic carbocycles. The number of halogens is 1. The molecule has 2 N–H and O–H groups in total. The Labute approximate surface area is 185 Å². The Morgan fingerprint density at radius 3 is 2.50 bits per heavy atom. The SMILES string of the molecule is O=C(CN1C[C@H](C(=O)N2CCCCC2)Oc2ccccc21)NC(=O)Nc1ccccc1F. The fourth-order valence-corrected chi connectivity index (χ4v) is 3.96. The molecule has 4 amide bonds. The molecule has 0 radical (unpaired) electrons. The second-order valence-electron chi connectivity index (χ2n) is 7.82. The Kier molecular flexibility index (Phi) is 6.53. The fourth-order valence-electron chi connectivity index (χ4n) is 3.96. The fraction of sp³-hybridized carbons (Fsp3) is 0.348. The third-order valence-electron chi connectivity index (χ3n) is 5.51. The van der Waals surface area contributed by atoms with Gasteiger partial charge in [0.1, 0.15) is 11.6 Å². The maximum Gasteiger partial charge on any atom is 0.326 e. The van der Waals surface area contributed by atoms with Crippen LogP contribution in [0.25, 0.3) is 0 Å². The summed E-state index contributed by atoms with van der Waals surface area (Å²) in [5.41, 5.74) is 0.640. The summed E-state index contributed by atoms with van der Waals surface area (Å²) in [6.45, 7) is 1.44. The van der Waals surface area contributed by atoms with Gasteiger partial charge in [0.05, 0.1) is 24.5 Å². The van der Waals surface area contributed by atoms with E-state index in [1.165, 1.54) is 18.2 Å². The van der Waals surface area contributed by atoms with Gasteiger partial charge in [0, 0.05) is 13.1 Å². The van der Waals surface area contributed by atoms with Crippen LogP contribution >= 0.6 is 0 Å². The van der Waals surface area contributed by atoms with Crippen LogP contribution in [0.1, 0.15) is 19.3 Å². The van der Waals surface area contributed by atoms with Crippen LogP contribution in [0.3, 0.4) is 0 Å². The summed E-state index contributed by atoms with van der Waals surface area (Å²) in [7, 11) is 0. The number of carbonyl (C=O) groups is 3. The molecule has 0 saturated carbocycles. The maximum absolute atomic E-state index is 13.7. The van der Waals surface area contributed by atoms with E-state index in [0.29, 0.717) is 24.5 Å². The van der Waals surface area contributed by atoms with Gasteiger partial charge in [-0.3, -0.25) is 14.9 Å². The number of nitrogens with zero attached hydrogens (tertiary/aromatic N) is 2. The highest BCUT2D eigenvalue weighted by Gasteiger charge is 2.34. The average Bonchev–Trinajstić information content (AvgIpc) is 2.80. The minimum atomic E-state index is -0.831. The molecule has 0 aliphatic carbocycles. The molecule has 0 aromatic heterocycles. The Morgan fingerprint density at radius 2 is 1.72 bits per heavy atom. The number of nitrogens with one attached hydrogen (secondary N) is 2. The number of fused-ring (bicyclic) bond motifs is 1. The van der Waals surface area contributed by atoms with Gasteiger partial charge in [0.2, 0.25) is 5.91 Å². The number of anilines is 2. The van der Waals surface area contributed by atoms with E-state index in [-0.39, 0.29) is 24.7 Å². The molecular weight excluding hydrogens is 415 g/mol. The van der Waals surface area contributed by atoms with Crippen molar-refractivity contribution in [2.24, 2.45) is 0 Å². The molecule has 2 aliphatic rings. The van der Waals surface area contributed by atoms with E-state index >= 15 is 0 Å². The van der Waals surface area contributed by atoms with Crippen LogP contribution in [0.15, 0.2) is 48.5 Å². The zero-order chi connectivity index (χ0) is 22.5. The van der Waals surface area contributed by atoms with Crippen molar-refractivity contribution in [3.05, 3.63) is 54.3 Å². The van der Waals surface area contributed by atoms with Crippen LogP contribution in [-0.4, -0.2) is 55.0 Å². The van der Waals surface area contributed by atoms with Crippen molar-refractivity contribution in [1.29, 1.82) is 0 Å². The van der Waals surface area contributed by atoms with Gasteiger partial charge in [0.25, 0.3) is 5.91 Å². The smallest absolute Gasteiger partial charge is 0.326 e. The van der Waals surface area contributed by atoms with E-state index in [4.69, 9.17) is 4.74 Å². The van der Waals surface area contributed by atoms with Crippen molar-refractivity contribution >= 4 is 29.2 Å². The number of likely N-dealkylation sites (tertiary alicyclic amines) is 1. The second kappa shape index (κ2) is 9.67. The number of hydrogen-bond acceptors (Lipinski definition) is 5. The monoisotopic (exact) mass is 440 g/mol. The van der Waals surface area contributed by atoms with Crippen LogP contribution < -0.4 is 20.3 Å². The zero-order valence-corrected chi connectivity index (χ0v) is 17.6. The van der Waals surface area contributed by atoms with Gasteiger partial charge in [-0.05, 0) is 43.5 Å². The second-order valence-corrected chi connectivity index (χ2v) is 7.82. The number of hydrogen-bond donors (Lipinski definition) is 2. The first-order valence-electron chi connectivity index (χ1n) is 10.7. The van der Waals surface area contributed by atoms with Crippen molar-refractivity contribution in [2.75, 3.05) is 36.4 Å². The van der Waals surface area contributed by atoms with Gasteiger partial charge < -0.3 is 19.9 Å². The van der Waals surface area contributed by atoms with Gasteiger partial charge in [0.15, 0.2) is 6.10 Å². The number of para-hydroxylation sites is 3. The van der Waals surface area contributed by atoms with Crippen molar-refractivity contribution in [1.82, 2.24) is 10.2 Å². The van der Waals surface area contributed by atoms with Crippen LogP contribution in [0.5, 0.6) is 5.75 Å². The predicted octanol–water partition coefficient (Wildman–Crippen LogP) is 2.75. The number of piperidine rings is 1. The lowest BCUT2D eigenvalue weighted by Gasteiger charge is -2.38. The summed E-state index contributed by atoms with van der Waals surface area (Å²) >= 11 is 0. The third kappa shape index (κ3) is 4.99. The molecule has 0 spiro atoms. The van der Waals surface area contributed by atoms with Crippen molar-refractivity contribution < 1.29 is 23.5 Å². The summed E-state index contributed by atoms with van der Waals surface area (Å²) in [6.07, 6.45) is 2.32. The van der Waals surface area contributed by atoms with E-state index in [1.807, 2.05) is 11.0 Å². The van der Waals surface area contributed by atoms with E-state index in [2.05, 4.69) is 10.6 Å². The zero-order valence-electron chi connectivity index (χ0n) is 17.6. The first-order valence-corrected chi connectivity index (χ1v) is 10.7. The Morgan fingerprint density at radius 1 is 1.00 bits per heavy atom. The molecule has 9 heteroatoms. The molecule has 2 heterocycles. The lowest BCUT2D eigenvalue weighted by atomic mass is 10.1. The Bertz CT molecular complexity index is 1010. The third-order valence-corrected chi connectivity index (χ3v) is 5.51. The molecular formula is C23H25FN4O4. The number of imide groups is 1. The quantitative estimate of drug-likeness (QED) is 0.763. The number of ether oxygens (including phenoxy) is 1. The summed E-state index contributed by atoms with van der Waals surface area (Å²) in [5.74, 6) is -0.768. The molecule has 1 saturated heterocycles. The van der Waals surface area contributed by atoms with Crippen molar-refractivity contribution in [3.63, 3.8) is 0 Å². The number of carbonyl (C=O) groups excluding carboxylic acids is 3. The largest absolute Gasteiger partial charge is 0.477 e. The number of benzene rings is 2. The first kappa shape index (κ1) is 21.6. The van der Waals surface area contributed by atoms with Crippen LogP contribution in [0.4, 0.5) is 20.6 Å². The van der Waals surface area contributed by atoms with E-state index in [9.17, 15) is 18.8 Å². The van der Waals surface area contributed by atoms with Gasteiger partial charge in [-0.1, -0.05) is 24.3 Å². The highest BCUT2D eigenvalue weighted by atomic mass is 19.1. The minimum Gasteiger partial charge on any atom is -0.477 e. The molecule has 1 fully saturated rings. The molecule has 2 aliphatic heterocycles. The van der Waals surface area contributed by atoms with Crippen LogP contribution in [0.2, 0.25) is 0 Å². The highest BCUT2D eigenvalue weighted by molar-refractivity contribution is 6.02. The van der Waals surface area contributed by atoms with E-state index in [0.717, 1.165) is 19.3 Å². The van der Waals surface area contributed by atoms with Crippen LogP contribution in [-0.2, 0) is 9.59 Å². The molecule has 1 atom stereocenters. The number of urea groups is 1. The normalized spacial score (nSPS) is 17.7. The topological polar surface area (TPSA) is 91.0 Å². The highest BCUT2D eigenvalue weighted by Crippen LogP contribution is 2.33. The average molecular weight is 440 g/mol. The molecule has 0 bridgehead atoms. The molecule has 2 aromatic rings. The van der Waals surface area contributed by atoms with Gasteiger partial charge in [-0.15, -0.1) is 0 Å². The first-order chi connectivity index (χ1) is 15.5. The molecule has 0 unspecified atom stereocenters. The molecule has 168 valence electrons. The molecule has 8 nitrogen and oxygen atoms in total. The van der Waals surface area contributed by atoms with Gasteiger partial charge in [-0.2, -0.15) is 0 Å². The lowest BCUT2D eigenvalue weighted by molar-refractivity contribution is -0.139. The summed E-state index contributed by atoms with van der Waals surface area (Å²) in [6, 6.07) is 12.0. The number of amides is 4.